The van der Waals surface area contributed by atoms with Crippen LogP contribution in [-0.2, 0) is 4.79 Å². The molecule has 1 N–H and O–H groups in total. The Morgan fingerprint density at radius 1 is 1.27 bits per heavy atom. The van der Waals surface area contributed by atoms with Gasteiger partial charge in [0.1, 0.15) is 16.2 Å². The van der Waals surface area contributed by atoms with Crippen LogP contribution in [0.3, 0.4) is 0 Å². The molecule has 0 aromatic carbocycles. The Balaban J connectivity index is 1.56. The van der Waals surface area contributed by atoms with Crippen LogP contribution in [0.25, 0.3) is 10.2 Å². The molecular formula is C18H16F4N4O2S2. The van der Waals surface area contributed by atoms with Crippen molar-refractivity contribution in [2.24, 2.45) is 0 Å². The fourth-order valence-electron chi connectivity index (χ4n) is 2.36. The summed E-state index contributed by atoms with van der Waals surface area (Å²) in [5.41, 5.74) is 1.39. The summed E-state index contributed by atoms with van der Waals surface area (Å²) in [4.78, 5) is 26.4. The van der Waals surface area contributed by atoms with Gasteiger partial charge in [0.05, 0.1) is 17.6 Å². The molecule has 0 aliphatic rings. The Morgan fingerprint density at radius 2 is 2.03 bits per heavy atom. The molecule has 0 bridgehead atoms. The van der Waals surface area contributed by atoms with Crippen molar-refractivity contribution >= 4 is 44.9 Å². The molecule has 3 aromatic heterocycles. The van der Waals surface area contributed by atoms with Gasteiger partial charge in [-0.15, -0.1) is 11.3 Å². The fourth-order valence-corrected chi connectivity index (χ4v) is 4.28. The summed E-state index contributed by atoms with van der Waals surface area (Å²) in [6.45, 7) is 2.49. The first-order chi connectivity index (χ1) is 14.2. The molecule has 0 fully saturated rings. The van der Waals surface area contributed by atoms with E-state index < -0.39 is 19.0 Å². The topological polar surface area (TPSA) is 77.0 Å². The lowest BCUT2D eigenvalue weighted by Gasteiger charge is -2.15. The quantitative estimate of drug-likeness (QED) is 0.298. The molecule has 6 nitrogen and oxygen atoms in total. The summed E-state index contributed by atoms with van der Waals surface area (Å²) >= 11 is 2.83. The van der Waals surface area contributed by atoms with Gasteiger partial charge in [0.15, 0.2) is 6.61 Å². The molecule has 3 rings (SSSR count). The van der Waals surface area contributed by atoms with Gasteiger partial charge in [-0.2, -0.15) is 8.78 Å². The van der Waals surface area contributed by atoms with E-state index in [1.807, 2.05) is 13.8 Å². The van der Waals surface area contributed by atoms with E-state index in [1.54, 1.807) is 11.3 Å². The number of aryl methyl sites for hydroxylation is 2. The molecule has 0 aliphatic heterocycles. The second-order valence-corrected chi connectivity index (χ2v) is 8.38. The lowest BCUT2D eigenvalue weighted by molar-refractivity contribution is -0.148. The number of hydrogen-bond donors (Lipinski definition) is 1. The Hall–Kier alpha value is -2.47. The van der Waals surface area contributed by atoms with E-state index in [2.05, 4.69) is 25.0 Å². The van der Waals surface area contributed by atoms with Crippen molar-refractivity contribution in [3.05, 3.63) is 35.1 Å². The molecule has 0 atom stereocenters. The fraction of sp³-hybridized carbons (Fsp3) is 0.333. The van der Waals surface area contributed by atoms with Gasteiger partial charge in [0, 0.05) is 16.3 Å². The van der Waals surface area contributed by atoms with E-state index >= 15 is 0 Å². The van der Waals surface area contributed by atoms with Crippen molar-refractivity contribution in [2.45, 2.75) is 31.2 Å². The number of fused-ring (bicyclic) bond motifs is 1. The minimum Gasteiger partial charge on any atom is -0.471 e. The number of nitrogens with one attached hydrogen (secondary N) is 1. The van der Waals surface area contributed by atoms with E-state index in [0.717, 1.165) is 20.7 Å². The second kappa shape index (κ2) is 9.13. The van der Waals surface area contributed by atoms with Crippen molar-refractivity contribution in [3.63, 3.8) is 0 Å². The van der Waals surface area contributed by atoms with Gasteiger partial charge in [-0.3, -0.25) is 4.79 Å². The first-order valence-electron chi connectivity index (χ1n) is 8.55. The molecule has 0 saturated heterocycles. The average molecular weight is 460 g/mol. The van der Waals surface area contributed by atoms with E-state index in [4.69, 9.17) is 0 Å². The number of thioether (sulfide) groups is 1. The molecule has 3 aromatic rings. The highest BCUT2D eigenvalue weighted by Gasteiger charge is 2.41. The number of carbonyl (C=O) groups is 1. The number of thiophene rings is 1. The number of ether oxygens (including phenoxy) is 1. The van der Waals surface area contributed by atoms with Crippen LogP contribution in [0.15, 0.2) is 29.7 Å². The number of hydrogen-bond acceptors (Lipinski definition) is 7. The van der Waals surface area contributed by atoms with E-state index in [-0.39, 0.29) is 17.5 Å². The predicted octanol–water partition coefficient (Wildman–Crippen LogP) is 4.71. The number of nitrogens with zero attached hydrogens (tertiary/aromatic N) is 3. The molecule has 12 heteroatoms. The number of aromatic nitrogens is 3. The minimum absolute atomic E-state index is 0.0826. The molecule has 160 valence electrons. The third-order valence-electron chi connectivity index (χ3n) is 4.02. The minimum atomic E-state index is -4.27. The highest BCUT2D eigenvalue weighted by molar-refractivity contribution is 8.00. The number of alkyl halides is 4. The molecule has 3 heterocycles. The summed E-state index contributed by atoms with van der Waals surface area (Å²) in [6, 6.07) is 2.58. The van der Waals surface area contributed by atoms with Crippen molar-refractivity contribution in [2.75, 3.05) is 17.7 Å². The maximum atomic E-state index is 12.9. The Bertz CT molecular complexity index is 1040. The number of pyridine rings is 1. The van der Waals surface area contributed by atoms with Gasteiger partial charge in [-0.05, 0) is 25.5 Å². The van der Waals surface area contributed by atoms with Crippen LogP contribution >= 0.6 is 23.1 Å². The molecule has 30 heavy (non-hydrogen) atoms. The summed E-state index contributed by atoms with van der Waals surface area (Å²) in [5.74, 6) is -4.76. The van der Waals surface area contributed by atoms with Crippen LogP contribution in [0, 0.1) is 13.8 Å². The smallest absolute Gasteiger partial charge is 0.340 e. The predicted molar refractivity (Wildman–Crippen MR) is 107 cm³/mol. The van der Waals surface area contributed by atoms with Crippen molar-refractivity contribution in [1.29, 1.82) is 0 Å². The Kier molecular flexibility index (Phi) is 6.76. The standard InChI is InChI=1S/C18H16F4N4O2S2/c1-9-10(2)30-16-14(9)15(24-8-25-16)29-6-12(27)26-11-3-4-13(23-5-11)28-7-18(21,22)17(19)20/h3-5,8,17H,6-7H2,1-2H3,(H,26,27). The highest BCUT2D eigenvalue weighted by Crippen LogP contribution is 2.34. The Morgan fingerprint density at radius 3 is 2.70 bits per heavy atom. The summed E-state index contributed by atoms with van der Waals surface area (Å²) in [6.07, 6.45) is -1.18. The van der Waals surface area contributed by atoms with Gasteiger partial charge in [0.25, 0.3) is 0 Å². The van der Waals surface area contributed by atoms with Crippen LogP contribution in [0.4, 0.5) is 23.2 Å². The second-order valence-electron chi connectivity index (χ2n) is 6.21. The van der Waals surface area contributed by atoms with Crippen LogP contribution in [-0.4, -0.2) is 45.6 Å². The normalized spacial score (nSPS) is 11.8. The SMILES string of the molecule is Cc1sc2ncnc(SCC(=O)Nc3ccc(OCC(F)(F)C(F)F)nc3)c2c1C. The van der Waals surface area contributed by atoms with Gasteiger partial charge >= 0.3 is 12.3 Å². The molecule has 0 unspecified atom stereocenters. The van der Waals surface area contributed by atoms with E-state index in [9.17, 15) is 22.4 Å². The summed E-state index contributed by atoms with van der Waals surface area (Å²) < 4.78 is 54.5. The van der Waals surface area contributed by atoms with Crippen LogP contribution in [0.2, 0.25) is 0 Å². The zero-order valence-corrected chi connectivity index (χ0v) is 17.4. The number of rotatable bonds is 8. The molecule has 1 amide bonds. The van der Waals surface area contributed by atoms with Gasteiger partial charge in [0.2, 0.25) is 11.8 Å². The first-order valence-corrected chi connectivity index (χ1v) is 10.4. The van der Waals surface area contributed by atoms with Gasteiger partial charge in [-0.25, -0.2) is 23.7 Å². The molecule has 0 spiro atoms. The van der Waals surface area contributed by atoms with E-state index in [1.165, 1.54) is 36.4 Å². The maximum absolute atomic E-state index is 12.9. The molecule has 0 saturated carbocycles. The zero-order valence-electron chi connectivity index (χ0n) is 15.8. The summed E-state index contributed by atoms with van der Waals surface area (Å²) in [5, 5.41) is 4.25. The third-order valence-corrected chi connectivity index (χ3v) is 6.13. The van der Waals surface area contributed by atoms with Gasteiger partial charge < -0.3 is 10.1 Å². The monoisotopic (exact) mass is 460 g/mol. The molecule has 0 radical (unpaired) electrons. The Labute approximate surface area is 177 Å². The largest absolute Gasteiger partial charge is 0.471 e. The van der Waals surface area contributed by atoms with Crippen molar-refractivity contribution in [1.82, 2.24) is 15.0 Å². The van der Waals surface area contributed by atoms with E-state index in [0.29, 0.717) is 10.7 Å². The van der Waals surface area contributed by atoms with Crippen LogP contribution in [0.5, 0.6) is 5.88 Å². The third kappa shape index (κ3) is 5.17. The maximum Gasteiger partial charge on any atom is 0.340 e. The molecular weight excluding hydrogens is 444 g/mol. The summed E-state index contributed by atoms with van der Waals surface area (Å²) in [7, 11) is 0. The van der Waals surface area contributed by atoms with Crippen molar-refractivity contribution in [3.8, 4) is 5.88 Å². The lowest BCUT2D eigenvalue weighted by Crippen LogP contribution is -2.33. The first kappa shape index (κ1) is 22.2. The average Bonchev–Trinajstić information content (AvgIpc) is 3.00. The van der Waals surface area contributed by atoms with Crippen LogP contribution in [0.1, 0.15) is 10.4 Å². The van der Waals surface area contributed by atoms with Crippen molar-refractivity contribution < 1.29 is 27.1 Å². The number of halogens is 4. The lowest BCUT2D eigenvalue weighted by atomic mass is 10.2. The highest BCUT2D eigenvalue weighted by atomic mass is 32.2. The van der Waals surface area contributed by atoms with Crippen LogP contribution < -0.4 is 10.1 Å². The van der Waals surface area contributed by atoms with Gasteiger partial charge in [-0.1, -0.05) is 11.8 Å². The molecule has 0 aliphatic carbocycles. The number of amides is 1. The number of carbonyl (C=O) groups excluding carboxylic acids is 1. The number of anilines is 1. The zero-order chi connectivity index (χ0) is 21.9.